The van der Waals surface area contributed by atoms with Gasteiger partial charge in [-0.25, -0.2) is 0 Å². The van der Waals surface area contributed by atoms with Crippen molar-refractivity contribution in [2.45, 2.75) is 116 Å². The molecule has 23 heavy (non-hydrogen) atoms. The highest BCUT2D eigenvalue weighted by Gasteiger charge is 2.25. The van der Waals surface area contributed by atoms with Crippen LogP contribution in [0.3, 0.4) is 0 Å². The lowest BCUT2D eigenvalue weighted by Crippen LogP contribution is -2.45. The van der Waals surface area contributed by atoms with Gasteiger partial charge in [0.05, 0.1) is 6.10 Å². The van der Waals surface area contributed by atoms with Crippen molar-refractivity contribution in [3.05, 3.63) is 0 Å². The summed E-state index contributed by atoms with van der Waals surface area (Å²) < 4.78 is 5.65. The molecule has 2 nitrogen and oxygen atoms in total. The molecule has 1 aliphatic rings. The van der Waals surface area contributed by atoms with E-state index in [-0.39, 0.29) is 0 Å². The fourth-order valence-electron chi connectivity index (χ4n) is 3.97. The predicted molar refractivity (Wildman–Crippen MR) is 102 cm³/mol. The predicted octanol–water partition coefficient (Wildman–Crippen LogP) is 6.19. The molecule has 0 aromatic carbocycles. The van der Waals surface area contributed by atoms with Crippen LogP contribution in [0.5, 0.6) is 0 Å². The van der Waals surface area contributed by atoms with Crippen LogP contribution in [0.15, 0.2) is 0 Å². The summed E-state index contributed by atoms with van der Waals surface area (Å²) in [4.78, 5) is 2.76. The zero-order valence-corrected chi connectivity index (χ0v) is 16.3. The molecule has 0 aromatic rings. The van der Waals surface area contributed by atoms with Crippen molar-refractivity contribution in [3.8, 4) is 0 Å². The fourth-order valence-corrected chi connectivity index (χ4v) is 3.97. The molecule has 1 atom stereocenters. The summed E-state index contributed by atoms with van der Waals surface area (Å²) in [7, 11) is 1.89. The zero-order valence-electron chi connectivity index (χ0n) is 16.3. The number of rotatable bonds is 14. The zero-order chi connectivity index (χ0) is 16.8. The van der Waals surface area contributed by atoms with Crippen LogP contribution in [0.25, 0.3) is 0 Å². The number of likely N-dealkylation sites (tertiary alicyclic amines) is 1. The monoisotopic (exact) mass is 325 g/mol. The molecule has 1 unspecified atom stereocenters. The standard InChI is InChI=1S/C21H43NO/c1-4-6-8-10-12-15-20(16-13-11-9-7-5-2)22-18-14-17-21(19-22)23-3/h20-21H,4-19H2,1-3H3. The average molecular weight is 326 g/mol. The molecule has 0 amide bonds. The van der Waals surface area contributed by atoms with Crippen molar-refractivity contribution in [3.63, 3.8) is 0 Å². The molecule has 0 N–H and O–H groups in total. The van der Waals surface area contributed by atoms with Crippen LogP contribution >= 0.6 is 0 Å². The van der Waals surface area contributed by atoms with Crippen molar-refractivity contribution in [1.29, 1.82) is 0 Å². The maximum atomic E-state index is 5.65. The van der Waals surface area contributed by atoms with E-state index in [0.29, 0.717) is 6.10 Å². The number of hydrogen-bond acceptors (Lipinski definition) is 2. The first-order chi connectivity index (χ1) is 11.3. The van der Waals surface area contributed by atoms with Gasteiger partial charge in [0, 0.05) is 19.7 Å². The normalized spacial score (nSPS) is 19.6. The summed E-state index contributed by atoms with van der Waals surface area (Å²) >= 11 is 0. The van der Waals surface area contributed by atoms with Crippen LogP contribution < -0.4 is 0 Å². The van der Waals surface area contributed by atoms with Crippen LogP contribution in [0.1, 0.15) is 104 Å². The van der Waals surface area contributed by atoms with Crippen molar-refractivity contribution < 1.29 is 4.74 Å². The largest absolute Gasteiger partial charge is 0.380 e. The Kier molecular flexibility index (Phi) is 13.0. The summed E-state index contributed by atoms with van der Waals surface area (Å²) in [6.07, 6.45) is 20.0. The SMILES string of the molecule is CCCCCCCC(CCCCCCC)N1CCCC(OC)C1. The summed E-state index contributed by atoms with van der Waals surface area (Å²) in [5.74, 6) is 0. The Hall–Kier alpha value is -0.0800. The van der Waals surface area contributed by atoms with Crippen molar-refractivity contribution in [2.24, 2.45) is 0 Å². The van der Waals surface area contributed by atoms with Crippen LogP contribution in [-0.2, 0) is 4.74 Å². The molecule has 0 radical (unpaired) electrons. The first-order valence-electron chi connectivity index (χ1n) is 10.6. The molecule has 1 saturated heterocycles. The molecule has 0 spiro atoms. The van der Waals surface area contributed by atoms with Crippen molar-refractivity contribution in [1.82, 2.24) is 4.90 Å². The minimum absolute atomic E-state index is 0.478. The first-order valence-corrected chi connectivity index (χ1v) is 10.6. The van der Waals surface area contributed by atoms with Gasteiger partial charge >= 0.3 is 0 Å². The Labute approximate surface area is 146 Å². The summed E-state index contributed by atoms with van der Waals surface area (Å²) in [5, 5.41) is 0. The molecule has 2 heteroatoms. The molecule has 1 rings (SSSR count). The minimum Gasteiger partial charge on any atom is -0.380 e. The number of unbranched alkanes of at least 4 members (excludes halogenated alkanes) is 8. The minimum atomic E-state index is 0.478. The second-order valence-corrected chi connectivity index (χ2v) is 7.55. The van der Waals surface area contributed by atoms with Gasteiger partial charge in [-0.3, -0.25) is 4.90 Å². The van der Waals surface area contributed by atoms with Crippen molar-refractivity contribution in [2.75, 3.05) is 20.2 Å². The molecule has 1 fully saturated rings. The van der Waals surface area contributed by atoms with Crippen LogP contribution in [0.2, 0.25) is 0 Å². The third-order valence-electron chi connectivity index (χ3n) is 5.54. The maximum absolute atomic E-state index is 5.65. The van der Waals surface area contributed by atoms with E-state index in [2.05, 4.69) is 18.7 Å². The van der Waals surface area contributed by atoms with E-state index >= 15 is 0 Å². The van der Waals surface area contributed by atoms with Crippen LogP contribution in [0, 0.1) is 0 Å². The second kappa shape index (κ2) is 14.3. The van der Waals surface area contributed by atoms with E-state index in [1.807, 2.05) is 7.11 Å². The third kappa shape index (κ3) is 9.72. The molecule has 138 valence electrons. The van der Waals surface area contributed by atoms with Gasteiger partial charge in [-0.1, -0.05) is 78.1 Å². The smallest absolute Gasteiger partial charge is 0.0698 e. The second-order valence-electron chi connectivity index (χ2n) is 7.55. The highest BCUT2D eigenvalue weighted by molar-refractivity contribution is 4.80. The third-order valence-corrected chi connectivity index (χ3v) is 5.54. The van der Waals surface area contributed by atoms with Crippen LogP contribution in [-0.4, -0.2) is 37.2 Å². The Morgan fingerprint density at radius 2 is 1.43 bits per heavy atom. The van der Waals surface area contributed by atoms with Gasteiger partial charge in [0.25, 0.3) is 0 Å². The van der Waals surface area contributed by atoms with E-state index in [1.165, 1.54) is 103 Å². The fraction of sp³-hybridized carbons (Fsp3) is 1.00. The summed E-state index contributed by atoms with van der Waals surface area (Å²) in [6.45, 7) is 7.08. The topological polar surface area (TPSA) is 12.5 Å². The highest BCUT2D eigenvalue weighted by atomic mass is 16.5. The van der Waals surface area contributed by atoms with Gasteiger partial charge < -0.3 is 4.74 Å². The highest BCUT2D eigenvalue weighted by Crippen LogP contribution is 2.23. The van der Waals surface area contributed by atoms with Crippen molar-refractivity contribution >= 4 is 0 Å². The van der Waals surface area contributed by atoms with Gasteiger partial charge in [0.15, 0.2) is 0 Å². The molecule has 1 aliphatic heterocycles. The first kappa shape index (κ1) is 21.0. The lowest BCUT2D eigenvalue weighted by Gasteiger charge is -2.38. The number of nitrogens with zero attached hydrogens (tertiary/aromatic N) is 1. The van der Waals surface area contributed by atoms with Gasteiger partial charge in [-0.05, 0) is 32.2 Å². The molecule has 0 aliphatic carbocycles. The Morgan fingerprint density at radius 3 is 1.96 bits per heavy atom. The Balaban J connectivity index is 2.33. The number of methoxy groups -OCH3 is 1. The number of hydrogen-bond donors (Lipinski definition) is 0. The van der Waals surface area contributed by atoms with Gasteiger partial charge in [0.1, 0.15) is 0 Å². The Bertz CT molecular complexity index is 242. The molecule has 1 heterocycles. The van der Waals surface area contributed by atoms with E-state index < -0.39 is 0 Å². The van der Waals surface area contributed by atoms with E-state index in [1.54, 1.807) is 0 Å². The van der Waals surface area contributed by atoms with Gasteiger partial charge in [-0.15, -0.1) is 0 Å². The lowest BCUT2D eigenvalue weighted by molar-refractivity contribution is 0.0105. The van der Waals surface area contributed by atoms with Gasteiger partial charge in [0.2, 0.25) is 0 Å². The molecular formula is C21H43NO. The van der Waals surface area contributed by atoms with E-state index in [9.17, 15) is 0 Å². The van der Waals surface area contributed by atoms with E-state index in [4.69, 9.17) is 4.74 Å². The molecule has 0 aromatic heterocycles. The van der Waals surface area contributed by atoms with Crippen LogP contribution in [0.4, 0.5) is 0 Å². The average Bonchev–Trinajstić information content (AvgIpc) is 2.59. The molecule has 0 bridgehead atoms. The summed E-state index contributed by atoms with van der Waals surface area (Å²) in [6, 6.07) is 0.816. The van der Waals surface area contributed by atoms with Gasteiger partial charge in [-0.2, -0.15) is 0 Å². The Morgan fingerprint density at radius 1 is 0.870 bits per heavy atom. The lowest BCUT2D eigenvalue weighted by atomic mass is 9.96. The van der Waals surface area contributed by atoms with E-state index in [0.717, 1.165) is 6.04 Å². The quantitative estimate of drug-likeness (QED) is 0.353. The number of ether oxygens (including phenoxy) is 1. The number of piperidine rings is 1. The molecular weight excluding hydrogens is 282 g/mol. The molecule has 0 saturated carbocycles. The summed E-state index contributed by atoms with van der Waals surface area (Å²) in [5.41, 5.74) is 0. The maximum Gasteiger partial charge on any atom is 0.0698 e.